The number of aliphatic hydroxyl groups excluding tert-OH is 1. The third-order valence-corrected chi connectivity index (χ3v) is 3.07. The number of nitrogens with zero attached hydrogens (tertiary/aromatic N) is 5. The van der Waals surface area contributed by atoms with E-state index >= 15 is 0 Å². The molecule has 108 valence electrons. The first kappa shape index (κ1) is 13.3. The molecule has 2 heterocycles. The fourth-order valence-electron chi connectivity index (χ4n) is 1.98. The lowest BCUT2D eigenvalue weighted by Gasteiger charge is -2.06. The van der Waals surface area contributed by atoms with Crippen LogP contribution in [-0.4, -0.2) is 29.7 Å². The first-order valence-corrected chi connectivity index (χ1v) is 6.58. The summed E-state index contributed by atoms with van der Waals surface area (Å²) in [7, 11) is 1.95. The van der Waals surface area contributed by atoms with Gasteiger partial charge in [-0.3, -0.25) is 0 Å². The summed E-state index contributed by atoms with van der Waals surface area (Å²) in [4.78, 5) is 4.26. The summed E-state index contributed by atoms with van der Waals surface area (Å²) in [5.74, 6) is 0. The van der Waals surface area contributed by atoms with Gasteiger partial charge in [0.15, 0.2) is 0 Å². The average Bonchev–Trinajstić information content (AvgIpc) is 3.14. The molecule has 7 nitrogen and oxygen atoms in total. The quantitative estimate of drug-likeness (QED) is 0.733. The highest BCUT2D eigenvalue weighted by molar-refractivity contribution is 5.48. The Hall–Kier alpha value is -2.67. The number of imidazole rings is 1. The summed E-state index contributed by atoms with van der Waals surface area (Å²) in [6, 6.07) is 7.82. The van der Waals surface area contributed by atoms with Crippen LogP contribution in [0.1, 0.15) is 11.4 Å². The van der Waals surface area contributed by atoms with Gasteiger partial charge in [-0.15, -0.1) is 5.10 Å². The molecule has 0 saturated carbocycles. The highest BCUT2D eigenvalue weighted by Gasteiger charge is 2.02. The Balaban J connectivity index is 1.66. The lowest BCUT2D eigenvalue weighted by molar-refractivity contribution is 0.276. The van der Waals surface area contributed by atoms with Gasteiger partial charge in [-0.1, -0.05) is 5.21 Å². The standard InChI is InChI=1S/C14H16N6O/c1-19-7-12(16-10-19)6-15-11-2-4-14(5-3-11)20-8-13(9-21)17-18-20/h2-5,7-8,10,15,21H,6,9H2,1H3. The van der Waals surface area contributed by atoms with E-state index in [9.17, 15) is 0 Å². The summed E-state index contributed by atoms with van der Waals surface area (Å²) >= 11 is 0. The van der Waals surface area contributed by atoms with Crippen molar-refractivity contribution in [1.29, 1.82) is 0 Å². The normalized spacial score (nSPS) is 10.8. The Morgan fingerprint density at radius 1 is 1.14 bits per heavy atom. The van der Waals surface area contributed by atoms with Crippen LogP contribution in [0.3, 0.4) is 0 Å². The van der Waals surface area contributed by atoms with Crippen molar-refractivity contribution in [3.63, 3.8) is 0 Å². The summed E-state index contributed by atoms with van der Waals surface area (Å²) in [5, 5.41) is 20.1. The van der Waals surface area contributed by atoms with Crippen LogP contribution >= 0.6 is 0 Å². The molecule has 0 saturated heterocycles. The van der Waals surface area contributed by atoms with Gasteiger partial charge in [0.2, 0.25) is 0 Å². The number of hydrogen-bond donors (Lipinski definition) is 2. The number of benzene rings is 1. The average molecular weight is 284 g/mol. The highest BCUT2D eigenvalue weighted by atomic mass is 16.3. The van der Waals surface area contributed by atoms with E-state index in [2.05, 4.69) is 20.6 Å². The second-order valence-electron chi connectivity index (χ2n) is 4.74. The summed E-state index contributed by atoms with van der Waals surface area (Å²) in [5.41, 5.74) is 3.44. The van der Waals surface area contributed by atoms with Gasteiger partial charge in [0.25, 0.3) is 0 Å². The van der Waals surface area contributed by atoms with E-state index in [0.717, 1.165) is 17.1 Å². The summed E-state index contributed by atoms with van der Waals surface area (Å²) in [6.07, 6.45) is 5.47. The maximum absolute atomic E-state index is 8.99. The van der Waals surface area contributed by atoms with Crippen LogP contribution in [0.4, 0.5) is 5.69 Å². The summed E-state index contributed by atoms with van der Waals surface area (Å²) < 4.78 is 3.55. The lowest BCUT2D eigenvalue weighted by atomic mass is 10.2. The van der Waals surface area contributed by atoms with Gasteiger partial charge in [0.1, 0.15) is 5.69 Å². The van der Waals surface area contributed by atoms with Crippen molar-refractivity contribution in [1.82, 2.24) is 24.5 Å². The molecule has 3 rings (SSSR count). The maximum atomic E-state index is 8.99. The van der Waals surface area contributed by atoms with Crippen LogP contribution in [0.2, 0.25) is 0 Å². The third kappa shape index (κ3) is 3.09. The third-order valence-electron chi connectivity index (χ3n) is 3.07. The van der Waals surface area contributed by atoms with Crippen molar-refractivity contribution in [3.8, 4) is 5.69 Å². The minimum atomic E-state index is -0.107. The molecular formula is C14H16N6O. The molecule has 0 aliphatic carbocycles. The molecule has 0 amide bonds. The van der Waals surface area contributed by atoms with Gasteiger partial charge in [-0.05, 0) is 24.3 Å². The Bertz CT molecular complexity index is 715. The smallest absolute Gasteiger partial charge is 0.109 e. The zero-order valence-electron chi connectivity index (χ0n) is 11.6. The van der Waals surface area contributed by atoms with Crippen LogP contribution in [0, 0.1) is 0 Å². The zero-order chi connectivity index (χ0) is 14.7. The van der Waals surface area contributed by atoms with Gasteiger partial charge in [-0.2, -0.15) is 0 Å². The van der Waals surface area contributed by atoms with Crippen LogP contribution in [0.15, 0.2) is 43.0 Å². The van der Waals surface area contributed by atoms with E-state index in [0.29, 0.717) is 12.2 Å². The highest BCUT2D eigenvalue weighted by Crippen LogP contribution is 2.13. The molecule has 1 aromatic carbocycles. The number of hydrogen-bond acceptors (Lipinski definition) is 5. The molecule has 0 bridgehead atoms. The predicted molar refractivity (Wildman–Crippen MR) is 77.8 cm³/mol. The van der Waals surface area contributed by atoms with Gasteiger partial charge < -0.3 is 15.0 Å². The fourth-order valence-corrected chi connectivity index (χ4v) is 1.98. The molecule has 3 aromatic rings. The molecule has 2 N–H and O–H groups in total. The van der Waals surface area contributed by atoms with Crippen molar-refractivity contribution >= 4 is 5.69 Å². The minimum absolute atomic E-state index is 0.107. The number of rotatable bonds is 5. The molecule has 0 spiro atoms. The fraction of sp³-hybridized carbons (Fsp3) is 0.214. The van der Waals surface area contributed by atoms with Crippen LogP contribution in [0.25, 0.3) is 5.69 Å². The van der Waals surface area contributed by atoms with E-state index in [1.807, 2.05) is 42.1 Å². The molecule has 0 atom stereocenters. The topological polar surface area (TPSA) is 80.8 Å². The molecule has 0 fully saturated rings. The molecule has 7 heteroatoms. The SMILES string of the molecule is Cn1cnc(CNc2ccc(-n3cc(CO)nn3)cc2)c1. The molecule has 0 aliphatic heterocycles. The zero-order valence-corrected chi connectivity index (χ0v) is 11.6. The summed E-state index contributed by atoms with van der Waals surface area (Å²) in [6.45, 7) is 0.571. The molecule has 2 aromatic heterocycles. The number of aliphatic hydroxyl groups is 1. The Kier molecular flexibility index (Phi) is 3.65. The van der Waals surface area contributed by atoms with Crippen LogP contribution in [-0.2, 0) is 20.2 Å². The predicted octanol–water partition coefficient (Wildman–Crippen LogP) is 1.11. The van der Waals surface area contributed by atoms with Crippen molar-refractivity contribution < 1.29 is 5.11 Å². The van der Waals surface area contributed by atoms with Crippen molar-refractivity contribution in [2.45, 2.75) is 13.2 Å². The largest absolute Gasteiger partial charge is 0.390 e. The number of anilines is 1. The Morgan fingerprint density at radius 2 is 1.95 bits per heavy atom. The van der Waals surface area contributed by atoms with Gasteiger partial charge >= 0.3 is 0 Å². The maximum Gasteiger partial charge on any atom is 0.109 e. The van der Waals surface area contributed by atoms with Gasteiger partial charge in [0, 0.05) is 18.9 Å². The van der Waals surface area contributed by atoms with E-state index in [4.69, 9.17) is 5.11 Å². The first-order valence-electron chi connectivity index (χ1n) is 6.58. The molecule has 0 aliphatic rings. The van der Waals surface area contributed by atoms with E-state index in [1.165, 1.54) is 0 Å². The van der Waals surface area contributed by atoms with Crippen molar-refractivity contribution in [3.05, 3.63) is 54.4 Å². The monoisotopic (exact) mass is 284 g/mol. The van der Waals surface area contributed by atoms with Crippen LogP contribution < -0.4 is 5.32 Å². The Morgan fingerprint density at radius 3 is 2.57 bits per heavy atom. The van der Waals surface area contributed by atoms with Crippen LogP contribution in [0.5, 0.6) is 0 Å². The lowest BCUT2D eigenvalue weighted by Crippen LogP contribution is -2.00. The molecule has 0 unspecified atom stereocenters. The van der Waals surface area contributed by atoms with E-state index < -0.39 is 0 Å². The van der Waals surface area contributed by atoms with Crippen molar-refractivity contribution in [2.75, 3.05) is 5.32 Å². The number of nitrogens with one attached hydrogen (secondary N) is 1. The van der Waals surface area contributed by atoms with E-state index in [1.54, 1.807) is 17.2 Å². The minimum Gasteiger partial charge on any atom is -0.390 e. The molecule has 21 heavy (non-hydrogen) atoms. The van der Waals surface area contributed by atoms with Gasteiger partial charge in [-0.25, -0.2) is 9.67 Å². The van der Waals surface area contributed by atoms with Gasteiger partial charge in [0.05, 0.1) is 37.1 Å². The molecule has 0 radical (unpaired) electrons. The second-order valence-corrected chi connectivity index (χ2v) is 4.74. The number of aromatic nitrogens is 5. The first-order chi connectivity index (χ1) is 10.2. The molecular weight excluding hydrogens is 268 g/mol. The van der Waals surface area contributed by atoms with Crippen molar-refractivity contribution in [2.24, 2.45) is 7.05 Å². The van der Waals surface area contributed by atoms with E-state index in [-0.39, 0.29) is 6.61 Å². The Labute approximate surface area is 121 Å². The second kappa shape index (κ2) is 5.76. The number of aryl methyl sites for hydroxylation is 1.